The van der Waals surface area contributed by atoms with Gasteiger partial charge in [-0.05, 0) is 29.6 Å². The Labute approximate surface area is 109 Å². The van der Waals surface area contributed by atoms with Gasteiger partial charge in [-0.2, -0.15) is 0 Å². The van der Waals surface area contributed by atoms with E-state index in [2.05, 4.69) is 6.92 Å². The Hall–Kier alpha value is -1.04. The summed E-state index contributed by atoms with van der Waals surface area (Å²) in [5.74, 6) is 0.687. The minimum Gasteiger partial charge on any atom is -0.497 e. The van der Waals surface area contributed by atoms with E-state index >= 15 is 0 Å². The minimum atomic E-state index is -1.48. The first kappa shape index (κ1) is 15.0. The fourth-order valence-corrected chi connectivity index (χ4v) is 1.72. The fraction of sp³-hybridized carbons (Fsp3) is 0.538. The van der Waals surface area contributed by atoms with E-state index in [1.54, 1.807) is 25.3 Å². The predicted molar refractivity (Wildman–Crippen MR) is 72.0 cm³/mol. The normalized spacial score (nSPS) is 10.4. The van der Waals surface area contributed by atoms with Crippen molar-refractivity contribution in [2.24, 2.45) is 0 Å². The summed E-state index contributed by atoms with van der Waals surface area (Å²) in [5, 5.41) is 18.5. The first-order chi connectivity index (χ1) is 8.69. The molecular formula is C13H21BO4. The highest BCUT2D eigenvalue weighted by Gasteiger charge is 2.16. The maximum atomic E-state index is 9.27. The molecule has 4 nitrogen and oxygen atoms in total. The van der Waals surface area contributed by atoms with E-state index in [1.807, 2.05) is 0 Å². The van der Waals surface area contributed by atoms with Crippen LogP contribution in [-0.4, -0.2) is 30.9 Å². The molecule has 1 rings (SSSR count). The van der Waals surface area contributed by atoms with Crippen molar-refractivity contribution in [2.45, 2.75) is 32.8 Å². The molecule has 0 atom stereocenters. The van der Waals surface area contributed by atoms with Crippen LogP contribution in [0.25, 0.3) is 0 Å². The molecule has 0 amide bonds. The van der Waals surface area contributed by atoms with Gasteiger partial charge in [-0.3, -0.25) is 0 Å². The number of hydrogen-bond donors (Lipinski definition) is 2. The molecule has 0 saturated carbocycles. The third-order valence-corrected chi connectivity index (χ3v) is 2.78. The molecule has 0 aromatic heterocycles. The van der Waals surface area contributed by atoms with Gasteiger partial charge in [0.15, 0.2) is 0 Å². The predicted octanol–water partition coefficient (Wildman–Crippen LogP) is 1.08. The second-order valence-electron chi connectivity index (χ2n) is 4.20. The van der Waals surface area contributed by atoms with Crippen LogP contribution in [-0.2, 0) is 11.3 Å². The maximum absolute atomic E-state index is 9.27. The third-order valence-electron chi connectivity index (χ3n) is 2.78. The molecule has 0 radical (unpaired) electrons. The summed E-state index contributed by atoms with van der Waals surface area (Å²) in [7, 11) is 0.0983. The molecule has 0 spiro atoms. The van der Waals surface area contributed by atoms with Gasteiger partial charge in [0.2, 0.25) is 0 Å². The molecule has 1 aromatic rings. The number of benzene rings is 1. The second-order valence-corrected chi connectivity index (χ2v) is 4.20. The molecule has 5 heteroatoms. The van der Waals surface area contributed by atoms with E-state index in [1.165, 1.54) is 0 Å². The highest BCUT2D eigenvalue weighted by molar-refractivity contribution is 6.59. The van der Waals surface area contributed by atoms with Gasteiger partial charge in [0.1, 0.15) is 5.75 Å². The lowest BCUT2D eigenvalue weighted by molar-refractivity contribution is 0.117. The summed E-state index contributed by atoms with van der Waals surface area (Å²) in [6.45, 7) is 3.20. The molecule has 0 aliphatic heterocycles. The number of rotatable bonds is 8. The largest absolute Gasteiger partial charge is 0.497 e. The summed E-state index contributed by atoms with van der Waals surface area (Å²) >= 11 is 0. The Kier molecular flexibility index (Phi) is 6.79. The van der Waals surface area contributed by atoms with Crippen molar-refractivity contribution in [2.75, 3.05) is 13.7 Å². The van der Waals surface area contributed by atoms with Gasteiger partial charge < -0.3 is 19.5 Å². The topological polar surface area (TPSA) is 58.9 Å². The number of hydrogen-bond acceptors (Lipinski definition) is 4. The molecule has 0 heterocycles. The Morgan fingerprint density at radius 1 is 1.22 bits per heavy atom. The molecular weight excluding hydrogens is 231 g/mol. The van der Waals surface area contributed by atoms with Crippen LogP contribution in [0, 0.1) is 0 Å². The molecule has 0 aliphatic carbocycles. The minimum absolute atomic E-state index is 0.369. The van der Waals surface area contributed by atoms with Gasteiger partial charge >= 0.3 is 7.12 Å². The van der Waals surface area contributed by atoms with Crippen LogP contribution in [0.4, 0.5) is 0 Å². The Bertz CT molecular complexity index is 355. The molecule has 18 heavy (non-hydrogen) atoms. The van der Waals surface area contributed by atoms with E-state index in [0.717, 1.165) is 24.8 Å². The Morgan fingerprint density at radius 2 is 2.00 bits per heavy atom. The van der Waals surface area contributed by atoms with E-state index < -0.39 is 7.12 Å². The van der Waals surface area contributed by atoms with Crippen molar-refractivity contribution < 1.29 is 19.5 Å². The van der Waals surface area contributed by atoms with Crippen molar-refractivity contribution in [3.8, 4) is 5.75 Å². The summed E-state index contributed by atoms with van der Waals surface area (Å²) in [4.78, 5) is 0. The molecule has 0 bridgehead atoms. The highest BCUT2D eigenvalue weighted by atomic mass is 16.5. The average Bonchev–Trinajstić information content (AvgIpc) is 2.38. The van der Waals surface area contributed by atoms with Gasteiger partial charge in [0.25, 0.3) is 0 Å². The molecule has 0 aliphatic rings. The third kappa shape index (κ3) is 4.68. The van der Waals surface area contributed by atoms with Gasteiger partial charge in [0.05, 0.1) is 13.7 Å². The van der Waals surface area contributed by atoms with Crippen molar-refractivity contribution in [3.05, 3.63) is 23.8 Å². The number of unbranched alkanes of at least 4 members (excludes halogenated alkanes) is 2. The zero-order chi connectivity index (χ0) is 13.4. The molecule has 2 N–H and O–H groups in total. The zero-order valence-corrected chi connectivity index (χ0v) is 11.1. The van der Waals surface area contributed by atoms with E-state index in [-0.39, 0.29) is 0 Å². The maximum Gasteiger partial charge on any atom is 0.488 e. The Balaban J connectivity index is 2.60. The van der Waals surface area contributed by atoms with Crippen LogP contribution in [0.2, 0.25) is 0 Å². The summed E-state index contributed by atoms with van der Waals surface area (Å²) in [6, 6.07) is 5.12. The second kappa shape index (κ2) is 8.13. The van der Waals surface area contributed by atoms with Crippen molar-refractivity contribution >= 4 is 12.6 Å². The van der Waals surface area contributed by atoms with E-state index in [0.29, 0.717) is 24.4 Å². The first-order valence-electron chi connectivity index (χ1n) is 6.29. The van der Waals surface area contributed by atoms with Crippen LogP contribution in [0.15, 0.2) is 18.2 Å². The highest BCUT2D eigenvalue weighted by Crippen LogP contribution is 2.12. The standard InChI is InChI=1S/C13H21BO4/c1-3-4-5-8-18-10-11-9-12(17-2)6-7-13(11)14(15)16/h6-7,9,15-16H,3-5,8,10H2,1-2H3. The lowest BCUT2D eigenvalue weighted by Gasteiger charge is -2.11. The SMILES string of the molecule is CCCCCOCc1cc(OC)ccc1B(O)O. The summed E-state index contributed by atoms with van der Waals surface area (Å²) in [6.07, 6.45) is 3.33. The van der Waals surface area contributed by atoms with Crippen molar-refractivity contribution in [1.29, 1.82) is 0 Å². The Morgan fingerprint density at radius 3 is 2.61 bits per heavy atom. The van der Waals surface area contributed by atoms with Crippen LogP contribution in [0.3, 0.4) is 0 Å². The quantitative estimate of drug-likeness (QED) is 0.537. The first-order valence-corrected chi connectivity index (χ1v) is 6.29. The lowest BCUT2D eigenvalue weighted by Crippen LogP contribution is -2.33. The van der Waals surface area contributed by atoms with E-state index in [9.17, 15) is 10.0 Å². The fourth-order valence-electron chi connectivity index (χ4n) is 1.72. The van der Waals surface area contributed by atoms with Crippen molar-refractivity contribution in [3.63, 3.8) is 0 Å². The molecule has 100 valence electrons. The molecule has 0 fully saturated rings. The zero-order valence-electron chi connectivity index (χ0n) is 11.1. The number of ether oxygens (including phenoxy) is 2. The number of methoxy groups -OCH3 is 1. The van der Waals surface area contributed by atoms with Crippen LogP contribution in [0.5, 0.6) is 5.75 Å². The van der Waals surface area contributed by atoms with Gasteiger partial charge in [-0.15, -0.1) is 0 Å². The summed E-state index contributed by atoms with van der Waals surface area (Å²) in [5.41, 5.74) is 1.21. The van der Waals surface area contributed by atoms with Crippen LogP contribution >= 0.6 is 0 Å². The smallest absolute Gasteiger partial charge is 0.488 e. The molecule has 0 saturated heterocycles. The molecule has 1 aromatic carbocycles. The average molecular weight is 252 g/mol. The molecule has 0 unspecified atom stereocenters. The van der Waals surface area contributed by atoms with Gasteiger partial charge in [-0.1, -0.05) is 25.8 Å². The lowest BCUT2D eigenvalue weighted by atomic mass is 9.77. The van der Waals surface area contributed by atoms with Crippen LogP contribution in [0.1, 0.15) is 31.7 Å². The van der Waals surface area contributed by atoms with Crippen LogP contribution < -0.4 is 10.2 Å². The monoisotopic (exact) mass is 252 g/mol. The van der Waals surface area contributed by atoms with Crippen molar-refractivity contribution in [1.82, 2.24) is 0 Å². The van der Waals surface area contributed by atoms with E-state index in [4.69, 9.17) is 9.47 Å². The van der Waals surface area contributed by atoms with Gasteiger partial charge in [-0.25, -0.2) is 0 Å². The van der Waals surface area contributed by atoms with Gasteiger partial charge in [0, 0.05) is 6.61 Å². The summed E-state index contributed by atoms with van der Waals surface area (Å²) < 4.78 is 10.6.